The van der Waals surface area contributed by atoms with Gasteiger partial charge in [-0.2, -0.15) is 23.5 Å². The summed E-state index contributed by atoms with van der Waals surface area (Å²) in [6, 6.07) is 0.396. The molecule has 26 heavy (non-hydrogen) atoms. The molecule has 0 spiro atoms. The van der Waals surface area contributed by atoms with Gasteiger partial charge in [0, 0.05) is 73.4 Å². The zero-order valence-corrected chi connectivity index (χ0v) is 17.4. The molecule has 0 N–H and O–H groups in total. The van der Waals surface area contributed by atoms with Crippen LogP contribution in [0.15, 0.2) is 12.2 Å². The Hall–Kier alpha value is -0.700. The minimum atomic E-state index is -0.499. The molecule has 2 atom stereocenters. The first-order valence-corrected chi connectivity index (χ1v) is 11.5. The molecule has 2 fully saturated rings. The lowest BCUT2D eigenvalue weighted by Crippen LogP contribution is -2.42. The molecule has 2 aliphatic heterocycles. The largest absolute Gasteiger partial charge is 0.461 e. The first-order chi connectivity index (χ1) is 12.6. The van der Waals surface area contributed by atoms with Crippen LogP contribution in [0.3, 0.4) is 0 Å². The Morgan fingerprint density at radius 1 is 0.808 bits per heavy atom. The minimum Gasteiger partial charge on any atom is -0.461 e. The second-order valence-electron chi connectivity index (χ2n) is 6.59. The van der Waals surface area contributed by atoms with Gasteiger partial charge in [-0.1, -0.05) is 0 Å². The van der Waals surface area contributed by atoms with Gasteiger partial charge in [0.25, 0.3) is 0 Å². The van der Waals surface area contributed by atoms with E-state index in [0.29, 0.717) is 13.2 Å². The number of thioether (sulfide) groups is 2. The van der Waals surface area contributed by atoms with Crippen LogP contribution in [0, 0.1) is 0 Å². The Morgan fingerprint density at radius 2 is 1.15 bits per heavy atom. The van der Waals surface area contributed by atoms with Gasteiger partial charge in [-0.15, -0.1) is 0 Å². The summed E-state index contributed by atoms with van der Waals surface area (Å²) in [4.78, 5) is 28.2. The Morgan fingerprint density at radius 3 is 1.50 bits per heavy atom. The van der Waals surface area contributed by atoms with Crippen molar-refractivity contribution in [2.24, 2.45) is 0 Å². The van der Waals surface area contributed by atoms with E-state index in [0.717, 1.165) is 61.3 Å². The van der Waals surface area contributed by atoms with Crippen LogP contribution >= 0.6 is 23.5 Å². The van der Waals surface area contributed by atoms with E-state index >= 15 is 0 Å². The van der Waals surface area contributed by atoms with Crippen LogP contribution in [-0.2, 0) is 19.1 Å². The highest BCUT2D eigenvalue weighted by Gasteiger charge is 2.19. The van der Waals surface area contributed by atoms with E-state index < -0.39 is 11.9 Å². The highest BCUT2D eigenvalue weighted by atomic mass is 32.2. The molecule has 2 aliphatic rings. The van der Waals surface area contributed by atoms with Crippen LogP contribution in [0.4, 0.5) is 0 Å². The Labute approximate surface area is 165 Å². The van der Waals surface area contributed by atoms with E-state index in [1.807, 2.05) is 23.5 Å². The molecule has 0 amide bonds. The van der Waals surface area contributed by atoms with E-state index in [1.165, 1.54) is 0 Å². The van der Waals surface area contributed by atoms with Crippen LogP contribution in [0.2, 0.25) is 0 Å². The van der Waals surface area contributed by atoms with Crippen LogP contribution in [0.5, 0.6) is 0 Å². The number of ether oxygens (including phenoxy) is 2. The maximum Gasteiger partial charge on any atom is 0.331 e. The van der Waals surface area contributed by atoms with E-state index in [4.69, 9.17) is 9.47 Å². The topological polar surface area (TPSA) is 59.1 Å². The molecule has 8 heteroatoms. The molecule has 2 heterocycles. The fourth-order valence-electron chi connectivity index (χ4n) is 2.89. The second kappa shape index (κ2) is 11.9. The molecule has 0 aromatic heterocycles. The third-order valence-electron chi connectivity index (χ3n) is 4.63. The van der Waals surface area contributed by atoms with Gasteiger partial charge in [0.2, 0.25) is 0 Å². The number of rotatable bonds is 8. The standard InChI is InChI=1S/C18H30N2O4S2/c1-15(19-5-9-25-10-6-19)13-23-17(21)3-4-18(22)24-14-16(2)20-7-11-26-12-8-20/h3-4,15-16H,5-14H2,1-2H3/b4-3+. The van der Waals surface area contributed by atoms with Crippen molar-refractivity contribution >= 4 is 35.5 Å². The minimum absolute atomic E-state index is 0.198. The third kappa shape index (κ3) is 7.90. The van der Waals surface area contributed by atoms with Gasteiger partial charge in [-0.3, -0.25) is 9.80 Å². The molecular formula is C18H30N2O4S2. The molecule has 6 nitrogen and oxygen atoms in total. The zero-order chi connectivity index (χ0) is 18.8. The predicted molar refractivity (Wildman–Crippen MR) is 108 cm³/mol. The summed E-state index contributed by atoms with van der Waals surface area (Å²) in [6.45, 7) is 8.90. The normalized spacial score (nSPS) is 22.1. The Kier molecular flexibility index (Phi) is 9.88. The van der Waals surface area contributed by atoms with E-state index in [9.17, 15) is 9.59 Å². The maximum atomic E-state index is 11.8. The zero-order valence-electron chi connectivity index (χ0n) is 15.7. The molecule has 0 radical (unpaired) electrons. The van der Waals surface area contributed by atoms with Crippen molar-refractivity contribution in [3.8, 4) is 0 Å². The molecule has 2 rings (SSSR count). The lowest BCUT2D eigenvalue weighted by Gasteiger charge is -2.31. The lowest BCUT2D eigenvalue weighted by atomic mass is 10.3. The van der Waals surface area contributed by atoms with E-state index in [1.54, 1.807) is 0 Å². The second-order valence-corrected chi connectivity index (χ2v) is 9.04. The van der Waals surface area contributed by atoms with Crippen molar-refractivity contribution in [1.29, 1.82) is 0 Å². The smallest absolute Gasteiger partial charge is 0.331 e. The predicted octanol–water partition coefficient (Wildman–Crippen LogP) is 1.50. The summed E-state index contributed by atoms with van der Waals surface area (Å²) in [5, 5.41) is 0. The Bertz CT molecular complexity index is 436. The highest BCUT2D eigenvalue weighted by Crippen LogP contribution is 2.13. The average Bonchev–Trinajstić information content (AvgIpc) is 2.69. The molecule has 2 unspecified atom stereocenters. The number of hydrogen-bond donors (Lipinski definition) is 0. The summed E-state index contributed by atoms with van der Waals surface area (Å²) in [5.41, 5.74) is 0. The number of nitrogens with zero attached hydrogens (tertiary/aromatic N) is 2. The van der Waals surface area contributed by atoms with Gasteiger partial charge in [-0.05, 0) is 13.8 Å². The maximum absolute atomic E-state index is 11.8. The number of carbonyl (C=O) groups is 2. The molecule has 0 aliphatic carbocycles. The van der Waals surface area contributed by atoms with Crippen molar-refractivity contribution in [3.05, 3.63) is 12.2 Å². The SMILES string of the molecule is CC(COC(=O)/C=C/C(=O)OCC(C)N1CCSCC1)N1CCSCC1. The summed E-state index contributed by atoms with van der Waals surface area (Å²) in [5.74, 6) is 3.50. The van der Waals surface area contributed by atoms with E-state index in [2.05, 4.69) is 23.6 Å². The van der Waals surface area contributed by atoms with Crippen molar-refractivity contribution < 1.29 is 19.1 Å². The van der Waals surface area contributed by atoms with Crippen molar-refractivity contribution in [2.45, 2.75) is 25.9 Å². The summed E-state index contributed by atoms with van der Waals surface area (Å²) >= 11 is 3.90. The molecular weight excluding hydrogens is 372 g/mol. The van der Waals surface area contributed by atoms with Gasteiger partial charge >= 0.3 is 11.9 Å². The van der Waals surface area contributed by atoms with Crippen molar-refractivity contribution in [3.63, 3.8) is 0 Å². The molecule has 0 saturated carbocycles. The Balaban J connectivity index is 1.61. The number of hydrogen-bond acceptors (Lipinski definition) is 8. The van der Waals surface area contributed by atoms with E-state index in [-0.39, 0.29) is 12.1 Å². The van der Waals surface area contributed by atoms with Gasteiger partial charge in [-0.25, -0.2) is 9.59 Å². The third-order valence-corrected chi connectivity index (χ3v) is 6.51. The van der Waals surface area contributed by atoms with Crippen LogP contribution < -0.4 is 0 Å². The first-order valence-electron chi connectivity index (χ1n) is 9.21. The highest BCUT2D eigenvalue weighted by molar-refractivity contribution is 7.99. The fraction of sp³-hybridized carbons (Fsp3) is 0.778. The van der Waals surface area contributed by atoms with Gasteiger partial charge in [0.05, 0.1) is 0 Å². The number of carbonyl (C=O) groups excluding carboxylic acids is 2. The first kappa shape index (κ1) is 21.6. The average molecular weight is 403 g/mol. The number of esters is 2. The molecule has 0 aromatic carbocycles. The van der Waals surface area contributed by atoms with Crippen molar-refractivity contribution in [1.82, 2.24) is 9.80 Å². The molecule has 0 aromatic rings. The van der Waals surface area contributed by atoms with Crippen molar-refractivity contribution in [2.75, 3.05) is 62.4 Å². The van der Waals surface area contributed by atoms with Gasteiger partial charge in [0.1, 0.15) is 13.2 Å². The van der Waals surface area contributed by atoms with Crippen LogP contribution in [-0.4, -0.2) is 96.2 Å². The van der Waals surface area contributed by atoms with Gasteiger partial charge in [0.15, 0.2) is 0 Å². The van der Waals surface area contributed by atoms with Crippen LogP contribution in [0.1, 0.15) is 13.8 Å². The van der Waals surface area contributed by atoms with Gasteiger partial charge < -0.3 is 9.47 Å². The quantitative estimate of drug-likeness (QED) is 0.447. The summed E-state index contributed by atoms with van der Waals surface area (Å²) in [7, 11) is 0. The fourth-order valence-corrected chi connectivity index (χ4v) is 4.75. The molecule has 0 bridgehead atoms. The summed E-state index contributed by atoms with van der Waals surface area (Å²) < 4.78 is 10.5. The lowest BCUT2D eigenvalue weighted by molar-refractivity contribution is -0.142. The molecule has 2 saturated heterocycles. The molecule has 148 valence electrons. The van der Waals surface area contributed by atoms with Crippen LogP contribution in [0.25, 0.3) is 0 Å². The summed E-state index contributed by atoms with van der Waals surface area (Å²) in [6.07, 6.45) is 2.31. The monoisotopic (exact) mass is 402 g/mol.